The molecular weight excluding hydrogens is 244 g/mol. The molecule has 102 valence electrons. The number of aromatic nitrogens is 1. The topological polar surface area (TPSA) is 30.9 Å². The molecule has 3 aromatic rings. The highest BCUT2D eigenvalue weighted by molar-refractivity contribution is 5.88. The van der Waals surface area contributed by atoms with Gasteiger partial charge in [-0.25, -0.2) is 0 Å². The lowest BCUT2D eigenvalue weighted by Crippen LogP contribution is -2.17. The maximum absolute atomic E-state index is 5.96. The fraction of sp³-hybridized carbons (Fsp3) is 0.222. The van der Waals surface area contributed by atoms with Gasteiger partial charge in [-0.3, -0.25) is 0 Å². The average molecular weight is 264 g/mol. The van der Waals surface area contributed by atoms with Gasteiger partial charge in [-0.05, 0) is 42.2 Å². The van der Waals surface area contributed by atoms with E-state index >= 15 is 0 Å². The van der Waals surface area contributed by atoms with E-state index in [-0.39, 0.29) is 6.04 Å². The van der Waals surface area contributed by atoms with Crippen LogP contribution in [0, 0.1) is 0 Å². The number of nitrogens with zero attached hydrogens (tertiary/aromatic N) is 1. The second-order valence-electron chi connectivity index (χ2n) is 5.54. The van der Waals surface area contributed by atoms with Gasteiger partial charge < -0.3 is 10.3 Å². The predicted octanol–water partition coefficient (Wildman–Crippen LogP) is 3.74. The first-order valence-electron chi connectivity index (χ1n) is 7.04. The van der Waals surface area contributed by atoms with Crippen LogP contribution < -0.4 is 5.73 Å². The molecule has 2 nitrogen and oxygen atoms in total. The highest BCUT2D eigenvalue weighted by Crippen LogP contribution is 2.28. The Bertz CT molecular complexity index is 724. The Morgan fingerprint density at radius 3 is 2.50 bits per heavy atom. The van der Waals surface area contributed by atoms with Gasteiger partial charge in [0.1, 0.15) is 0 Å². The van der Waals surface area contributed by atoms with Crippen LogP contribution in [0.4, 0.5) is 0 Å². The van der Waals surface area contributed by atoms with Crippen molar-refractivity contribution in [3.8, 4) is 11.1 Å². The van der Waals surface area contributed by atoms with E-state index < -0.39 is 0 Å². The summed E-state index contributed by atoms with van der Waals surface area (Å²) < 4.78 is 2.18. The molecule has 1 atom stereocenters. The molecule has 0 radical (unpaired) electrons. The molecule has 3 rings (SSSR count). The van der Waals surface area contributed by atoms with Crippen molar-refractivity contribution >= 4 is 10.9 Å². The molecule has 20 heavy (non-hydrogen) atoms. The predicted molar refractivity (Wildman–Crippen MR) is 85.7 cm³/mol. The summed E-state index contributed by atoms with van der Waals surface area (Å²) in [5.74, 6) is 0. The molecule has 1 heterocycles. The Morgan fingerprint density at radius 2 is 1.80 bits per heavy atom. The molecule has 2 aromatic carbocycles. The van der Waals surface area contributed by atoms with Crippen LogP contribution in [0.3, 0.4) is 0 Å². The van der Waals surface area contributed by atoms with Crippen LogP contribution in [0.1, 0.15) is 12.5 Å². The van der Waals surface area contributed by atoms with Crippen molar-refractivity contribution in [3.05, 3.63) is 60.3 Å². The van der Waals surface area contributed by atoms with Crippen LogP contribution in [0.25, 0.3) is 22.0 Å². The maximum Gasteiger partial charge on any atom is 0.0480 e. The third kappa shape index (κ3) is 2.35. The average Bonchev–Trinajstić information content (AvgIpc) is 2.75. The number of hydrogen-bond acceptors (Lipinski definition) is 1. The zero-order valence-electron chi connectivity index (χ0n) is 12.0. The van der Waals surface area contributed by atoms with Gasteiger partial charge in [0.05, 0.1) is 0 Å². The minimum Gasteiger partial charge on any atom is -0.350 e. The first-order chi connectivity index (χ1) is 9.65. The zero-order chi connectivity index (χ0) is 14.1. The van der Waals surface area contributed by atoms with Crippen LogP contribution >= 0.6 is 0 Å². The lowest BCUT2D eigenvalue weighted by molar-refractivity contribution is 0.738. The molecular formula is C18H20N2. The van der Waals surface area contributed by atoms with Gasteiger partial charge in [0.2, 0.25) is 0 Å². The Hall–Kier alpha value is -2.06. The monoisotopic (exact) mass is 264 g/mol. The molecule has 0 aliphatic rings. The molecule has 0 aliphatic heterocycles. The molecule has 2 N–H and O–H groups in total. The summed E-state index contributed by atoms with van der Waals surface area (Å²) in [6.45, 7) is 2.06. The first-order valence-corrected chi connectivity index (χ1v) is 7.04. The number of fused-ring (bicyclic) bond motifs is 1. The van der Waals surface area contributed by atoms with Crippen LogP contribution in [0.15, 0.2) is 54.7 Å². The number of benzene rings is 2. The molecule has 2 heteroatoms. The summed E-state index contributed by atoms with van der Waals surface area (Å²) in [6, 6.07) is 17.3. The lowest BCUT2D eigenvalue weighted by Gasteiger charge is -2.05. The molecule has 0 fully saturated rings. The van der Waals surface area contributed by atoms with Crippen LogP contribution in [-0.2, 0) is 13.5 Å². The number of hydrogen-bond donors (Lipinski definition) is 1. The van der Waals surface area contributed by atoms with E-state index in [0.717, 1.165) is 6.42 Å². The molecule has 0 spiro atoms. The summed E-state index contributed by atoms with van der Waals surface area (Å²) in [7, 11) is 2.09. The number of rotatable bonds is 3. The Balaban J connectivity index is 2.14. The summed E-state index contributed by atoms with van der Waals surface area (Å²) in [5, 5.41) is 1.31. The molecule has 1 unspecified atom stereocenters. The van der Waals surface area contributed by atoms with Crippen molar-refractivity contribution in [1.29, 1.82) is 0 Å². The van der Waals surface area contributed by atoms with Crippen molar-refractivity contribution in [2.75, 3.05) is 0 Å². The summed E-state index contributed by atoms with van der Waals surface area (Å²) in [6.07, 6.45) is 3.11. The zero-order valence-corrected chi connectivity index (χ0v) is 12.0. The van der Waals surface area contributed by atoms with Gasteiger partial charge in [-0.1, -0.05) is 36.4 Å². The van der Waals surface area contributed by atoms with E-state index in [4.69, 9.17) is 5.73 Å². The van der Waals surface area contributed by atoms with Gasteiger partial charge in [0.25, 0.3) is 0 Å². The summed E-state index contributed by atoms with van der Waals surface area (Å²) in [4.78, 5) is 0. The fourth-order valence-corrected chi connectivity index (χ4v) is 2.79. The molecule has 0 saturated carbocycles. The van der Waals surface area contributed by atoms with Gasteiger partial charge in [0, 0.05) is 30.2 Å². The molecule has 0 aliphatic carbocycles. The van der Waals surface area contributed by atoms with Crippen molar-refractivity contribution in [3.63, 3.8) is 0 Å². The van der Waals surface area contributed by atoms with Crippen molar-refractivity contribution < 1.29 is 0 Å². The highest BCUT2D eigenvalue weighted by atomic mass is 14.9. The van der Waals surface area contributed by atoms with Crippen LogP contribution in [-0.4, -0.2) is 10.6 Å². The standard InChI is InChI=1S/C18H20N2/c1-13(19)10-16-12-20(2)18-9-8-15(11-17(16)18)14-6-4-3-5-7-14/h3-9,11-13H,10,19H2,1-2H3. The molecule has 0 bridgehead atoms. The Morgan fingerprint density at radius 1 is 1.05 bits per heavy atom. The van der Waals surface area contributed by atoms with Crippen molar-refractivity contribution in [2.24, 2.45) is 12.8 Å². The van der Waals surface area contributed by atoms with Gasteiger partial charge in [-0.15, -0.1) is 0 Å². The molecule has 0 amide bonds. The van der Waals surface area contributed by atoms with Gasteiger partial charge in [-0.2, -0.15) is 0 Å². The van der Waals surface area contributed by atoms with E-state index in [0.29, 0.717) is 0 Å². The molecule has 1 aromatic heterocycles. The number of aryl methyl sites for hydroxylation is 1. The van der Waals surface area contributed by atoms with Crippen molar-refractivity contribution in [1.82, 2.24) is 4.57 Å². The van der Waals surface area contributed by atoms with Crippen LogP contribution in [0.5, 0.6) is 0 Å². The Labute approximate surface area is 119 Å². The normalized spacial score (nSPS) is 12.8. The SMILES string of the molecule is CC(N)Cc1cn(C)c2ccc(-c3ccccc3)cc12. The van der Waals surface area contributed by atoms with E-state index in [2.05, 4.69) is 67.2 Å². The minimum absolute atomic E-state index is 0.181. The van der Waals surface area contributed by atoms with E-state index in [1.165, 1.54) is 27.6 Å². The van der Waals surface area contributed by atoms with E-state index in [1.54, 1.807) is 0 Å². The van der Waals surface area contributed by atoms with Gasteiger partial charge in [0.15, 0.2) is 0 Å². The van der Waals surface area contributed by atoms with Crippen LogP contribution in [0.2, 0.25) is 0 Å². The van der Waals surface area contributed by atoms with Gasteiger partial charge >= 0.3 is 0 Å². The quantitative estimate of drug-likeness (QED) is 0.767. The first kappa shape index (κ1) is 12.9. The van der Waals surface area contributed by atoms with E-state index in [9.17, 15) is 0 Å². The third-order valence-corrected chi connectivity index (χ3v) is 3.72. The smallest absolute Gasteiger partial charge is 0.0480 e. The second kappa shape index (κ2) is 5.14. The largest absolute Gasteiger partial charge is 0.350 e. The highest BCUT2D eigenvalue weighted by Gasteiger charge is 2.09. The minimum atomic E-state index is 0.181. The lowest BCUT2D eigenvalue weighted by atomic mass is 10.0. The van der Waals surface area contributed by atoms with Crippen molar-refractivity contribution in [2.45, 2.75) is 19.4 Å². The Kier molecular flexibility index (Phi) is 3.33. The number of nitrogens with two attached hydrogens (primary N) is 1. The summed E-state index contributed by atoms with van der Waals surface area (Å²) >= 11 is 0. The maximum atomic E-state index is 5.96. The second-order valence-corrected chi connectivity index (χ2v) is 5.54. The fourth-order valence-electron chi connectivity index (χ4n) is 2.79. The summed E-state index contributed by atoms with van der Waals surface area (Å²) in [5.41, 5.74) is 11.1. The molecule has 0 saturated heterocycles. The third-order valence-electron chi connectivity index (χ3n) is 3.72. The van der Waals surface area contributed by atoms with E-state index in [1.807, 2.05) is 6.07 Å².